The van der Waals surface area contributed by atoms with Gasteiger partial charge in [0.15, 0.2) is 0 Å². The molecule has 2 rings (SSSR count). The van der Waals surface area contributed by atoms with Gasteiger partial charge in [0.25, 0.3) is 0 Å². The summed E-state index contributed by atoms with van der Waals surface area (Å²) in [5, 5.41) is 3.66. The summed E-state index contributed by atoms with van der Waals surface area (Å²) in [6.07, 6.45) is 3.89. The lowest BCUT2D eigenvalue weighted by Gasteiger charge is -2.20. The molecule has 0 bridgehead atoms. The van der Waals surface area contributed by atoms with E-state index in [0.29, 0.717) is 5.25 Å². The predicted octanol–water partition coefficient (Wildman–Crippen LogP) is 2.46. The lowest BCUT2D eigenvalue weighted by molar-refractivity contribution is 0.652. The molecule has 0 saturated carbocycles. The summed E-state index contributed by atoms with van der Waals surface area (Å²) < 4.78 is 0. The highest BCUT2D eigenvalue weighted by molar-refractivity contribution is 7.99. The average Bonchev–Trinajstić information content (AvgIpc) is 2.30. The van der Waals surface area contributed by atoms with Crippen LogP contribution in [0.5, 0.6) is 0 Å². The Morgan fingerprint density at radius 1 is 1.44 bits per heavy atom. The number of hydrogen-bond donors (Lipinski definition) is 1. The van der Waals surface area contributed by atoms with Gasteiger partial charge in [-0.25, -0.2) is 9.97 Å². The number of hydrogen-bond acceptors (Lipinski definition) is 4. The molecule has 0 spiro atoms. The van der Waals surface area contributed by atoms with Crippen LogP contribution < -0.4 is 5.32 Å². The first-order valence-electron chi connectivity index (χ1n) is 5.90. The van der Waals surface area contributed by atoms with Crippen molar-refractivity contribution in [1.82, 2.24) is 15.3 Å². The summed E-state index contributed by atoms with van der Waals surface area (Å²) in [7, 11) is 1.95. The molecule has 88 valence electrons. The Morgan fingerprint density at radius 3 is 3.00 bits per heavy atom. The molecule has 1 fully saturated rings. The third kappa shape index (κ3) is 2.95. The monoisotopic (exact) mass is 237 g/mol. The van der Waals surface area contributed by atoms with Gasteiger partial charge in [0.1, 0.15) is 5.82 Å². The largest absolute Gasteiger partial charge is 0.314 e. The van der Waals surface area contributed by atoms with E-state index in [2.05, 4.69) is 28.3 Å². The van der Waals surface area contributed by atoms with Gasteiger partial charge in [-0.15, -0.1) is 0 Å². The summed E-state index contributed by atoms with van der Waals surface area (Å²) in [5.74, 6) is 2.29. The van der Waals surface area contributed by atoms with Crippen molar-refractivity contribution in [1.29, 1.82) is 0 Å². The Labute approximate surface area is 101 Å². The van der Waals surface area contributed by atoms with Crippen LogP contribution in [0.25, 0.3) is 0 Å². The second-order valence-corrected chi connectivity index (χ2v) is 5.56. The number of rotatable bonds is 3. The highest BCUT2D eigenvalue weighted by Gasteiger charge is 2.19. The first-order chi connectivity index (χ1) is 7.79. The number of aromatic nitrogens is 2. The summed E-state index contributed by atoms with van der Waals surface area (Å²) >= 11 is 2.01. The van der Waals surface area contributed by atoms with Gasteiger partial charge < -0.3 is 5.32 Å². The molecule has 1 N–H and O–H groups in total. The fraction of sp³-hybridized carbons (Fsp3) is 0.667. The van der Waals surface area contributed by atoms with Crippen molar-refractivity contribution in [2.24, 2.45) is 0 Å². The smallest absolute Gasteiger partial charge is 0.141 e. The molecule has 0 amide bonds. The van der Waals surface area contributed by atoms with E-state index in [0.717, 1.165) is 23.8 Å². The lowest BCUT2D eigenvalue weighted by Crippen LogP contribution is -2.12. The Bertz CT molecular complexity index is 348. The van der Waals surface area contributed by atoms with Crippen molar-refractivity contribution in [2.75, 3.05) is 12.8 Å². The fourth-order valence-corrected chi connectivity index (χ4v) is 3.26. The van der Waals surface area contributed by atoms with Crippen LogP contribution in [0.1, 0.15) is 41.7 Å². The average molecular weight is 237 g/mol. The zero-order chi connectivity index (χ0) is 11.4. The van der Waals surface area contributed by atoms with Crippen LogP contribution in [0.15, 0.2) is 6.07 Å². The third-order valence-electron chi connectivity index (χ3n) is 2.75. The van der Waals surface area contributed by atoms with Gasteiger partial charge in [-0.3, -0.25) is 0 Å². The Hall–Kier alpha value is -0.610. The maximum Gasteiger partial charge on any atom is 0.141 e. The molecular weight excluding hydrogens is 218 g/mol. The zero-order valence-electron chi connectivity index (χ0n) is 9.99. The summed E-state index contributed by atoms with van der Waals surface area (Å²) in [6, 6.07) is 2.06. The van der Waals surface area contributed by atoms with E-state index >= 15 is 0 Å². The Balaban J connectivity index is 2.18. The highest BCUT2D eigenvalue weighted by atomic mass is 32.2. The third-order valence-corrected chi connectivity index (χ3v) is 4.12. The number of aryl methyl sites for hydroxylation is 1. The van der Waals surface area contributed by atoms with E-state index in [1.807, 2.05) is 18.8 Å². The number of nitrogens with zero attached hydrogens (tertiary/aromatic N) is 2. The van der Waals surface area contributed by atoms with Crippen molar-refractivity contribution in [3.8, 4) is 0 Å². The second-order valence-electron chi connectivity index (χ2n) is 4.24. The van der Waals surface area contributed by atoms with Gasteiger partial charge in [-0.1, -0.05) is 6.42 Å². The number of thioether (sulfide) groups is 1. The number of nitrogens with one attached hydrogen (secondary N) is 1. The van der Waals surface area contributed by atoms with Crippen LogP contribution in [0.2, 0.25) is 0 Å². The van der Waals surface area contributed by atoms with Crippen molar-refractivity contribution >= 4 is 11.8 Å². The molecule has 16 heavy (non-hydrogen) atoms. The minimum Gasteiger partial charge on any atom is -0.314 e. The van der Waals surface area contributed by atoms with Crippen molar-refractivity contribution in [3.05, 3.63) is 23.3 Å². The quantitative estimate of drug-likeness (QED) is 0.876. The minimum absolute atomic E-state index is 0.518. The molecule has 0 aliphatic carbocycles. The summed E-state index contributed by atoms with van der Waals surface area (Å²) in [4.78, 5) is 9.23. The zero-order valence-corrected chi connectivity index (χ0v) is 10.8. The van der Waals surface area contributed by atoms with E-state index in [-0.39, 0.29) is 0 Å². The van der Waals surface area contributed by atoms with Crippen LogP contribution in [0, 0.1) is 6.92 Å². The maximum atomic E-state index is 4.65. The molecule has 1 aromatic rings. The first-order valence-corrected chi connectivity index (χ1v) is 6.95. The topological polar surface area (TPSA) is 37.8 Å². The van der Waals surface area contributed by atoms with Gasteiger partial charge in [-0.05, 0) is 38.6 Å². The summed E-state index contributed by atoms with van der Waals surface area (Å²) in [5.41, 5.74) is 2.19. The standard InChI is InChI=1S/C12H19N3S/c1-9-7-10(8-13-2)15-12(14-9)11-5-3-4-6-16-11/h7,11,13H,3-6,8H2,1-2H3. The first kappa shape index (κ1) is 11.9. The molecular formula is C12H19N3S. The fourth-order valence-electron chi connectivity index (χ4n) is 2.02. The molecule has 1 unspecified atom stereocenters. The molecule has 1 aromatic heterocycles. The Kier molecular flexibility index (Phi) is 4.18. The predicted molar refractivity (Wildman–Crippen MR) is 68.6 cm³/mol. The maximum absolute atomic E-state index is 4.65. The highest BCUT2D eigenvalue weighted by Crippen LogP contribution is 2.36. The van der Waals surface area contributed by atoms with Crippen LogP contribution in [0.3, 0.4) is 0 Å². The van der Waals surface area contributed by atoms with Crippen LogP contribution in [-0.2, 0) is 6.54 Å². The molecule has 4 heteroatoms. The van der Waals surface area contributed by atoms with Crippen LogP contribution >= 0.6 is 11.8 Å². The van der Waals surface area contributed by atoms with Gasteiger partial charge in [0.05, 0.1) is 10.9 Å². The van der Waals surface area contributed by atoms with Crippen LogP contribution in [-0.4, -0.2) is 22.8 Å². The second kappa shape index (κ2) is 5.64. The SMILES string of the molecule is CNCc1cc(C)nc(C2CCCCS2)n1. The van der Waals surface area contributed by atoms with E-state index in [1.54, 1.807) is 0 Å². The van der Waals surface area contributed by atoms with Gasteiger partial charge >= 0.3 is 0 Å². The van der Waals surface area contributed by atoms with Gasteiger partial charge in [0.2, 0.25) is 0 Å². The normalized spacial score (nSPS) is 21.0. The van der Waals surface area contributed by atoms with Crippen molar-refractivity contribution in [2.45, 2.75) is 38.0 Å². The molecule has 1 saturated heterocycles. The molecule has 1 aliphatic heterocycles. The van der Waals surface area contributed by atoms with Crippen molar-refractivity contribution in [3.63, 3.8) is 0 Å². The summed E-state index contributed by atoms with van der Waals surface area (Å²) in [6.45, 7) is 2.88. The molecule has 0 aromatic carbocycles. The van der Waals surface area contributed by atoms with E-state index < -0.39 is 0 Å². The Morgan fingerprint density at radius 2 is 2.31 bits per heavy atom. The molecule has 1 atom stereocenters. The molecule has 3 nitrogen and oxygen atoms in total. The van der Waals surface area contributed by atoms with Crippen molar-refractivity contribution < 1.29 is 0 Å². The van der Waals surface area contributed by atoms with E-state index in [9.17, 15) is 0 Å². The molecule has 1 aliphatic rings. The minimum atomic E-state index is 0.518. The van der Waals surface area contributed by atoms with Gasteiger partial charge in [-0.2, -0.15) is 11.8 Å². The van der Waals surface area contributed by atoms with Gasteiger partial charge in [0, 0.05) is 12.2 Å². The molecule has 2 heterocycles. The van der Waals surface area contributed by atoms with E-state index in [1.165, 1.54) is 25.0 Å². The van der Waals surface area contributed by atoms with E-state index in [4.69, 9.17) is 0 Å². The lowest BCUT2D eigenvalue weighted by atomic mass is 10.1. The van der Waals surface area contributed by atoms with Crippen LogP contribution in [0.4, 0.5) is 0 Å². The molecule has 0 radical (unpaired) electrons.